The summed E-state index contributed by atoms with van der Waals surface area (Å²) >= 11 is 6.42. The first-order valence-electron chi connectivity index (χ1n) is 13.2. The van der Waals surface area contributed by atoms with Crippen LogP contribution in [0.1, 0.15) is 27.7 Å². The van der Waals surface area contributed by atoms with Gasteiger partial charge in [-0.05, 0) is 32.0 Å². The number of carbonyl (C=O) groups excluding carboxylic acids is 2. The van der Waals surface area contributed by atoms with Gasteiger partial charge in [0.15, 0.2) is 12.2 Å². The first-order valence-corrected chi connectivity index (χ1v) is 13.6. The van der Waals surface area contributed by atoms with Gasteiger partial charge >= 0.3 is 11.9 Å². The minimum atomic E-state index is -0.639. The van der Waals surface area contributed by atoms with Crippen molar-refractivity contribution in [2.24, 2.45) is 0 Å². The third-order valence-corrected chi connectivity index (χ3v) is 5.92. The fourth-order valence-corrected chi connectivity index (χ4v) is 4.34. The molecule has 0 bridgehead atoms. The number of benzene rings is 3. The van der Waals surface area contributed by atoms with Crippen LogP contribution in [0.3, 0.4) is 0 Å². The second kappa shape index (κ2) is 15.4. The highest BCUT2D eigenvalue weighted by Crippen LogP contribution is 2.43. The van der Waals surface area contributed by atoms with E-state index in [1.54, 1.807) is 12.1 Å². The highest BCUT2D eigenvalue weighted by Gasteiger charge is 2.21. The van der Waals surface area contributed by atoms with Crippen LogP contribution in [0.25, 0.3) is 21.5 Å². The molecule has 41 heavy (non-hydrogen) atoms. The Morgan fingerprint density at radius 3 is 1.56 bits per heavy atom. The van der Waals surface area contributed by atoms with Crippen molar-refractivity contribution in [2.75, 3.05) is 39.6 Å². The van der Waals surface area contributed by atoms with E-state index in [4.69, 9.17) is 40.0 Å². The highest BCUT2D eigenvalue weighted by molar-refractivity contribution is 6.31. The number of ether oxygens (including phenoxy) is 6. The van der Waals surface area contributed by atoms with Crippen LogP contribution >= 0.6 is 11.6 Å². The Morgan fingerprint density at radius 2 is 1.12 bits per heavy atom. The maximum Gasteiger partial charge on any atom is 0.303 e. The summed E-state index contributed by atoms with van der Waals surface area (Å²) in [5.74, 6) is 0.271. The second-order valence-electron chi connectivity index (χ2n) is 9.92. The molecule has 3 aromatic carbocycles. The maximum absolute atomic E-state index is 11.7. The Balaban J connectivity index is 1.96. The Bertz CT molecular complexity index is 1400. The molecule has 0 aliphatic heterocycles. The van der Waals surface area contributed by atoms with E-state index in [-0.39, 0.29) is 26.4 Å². The fraction of sp³-hybridized carbons (Fsp3) is 0.375. The summed E-state index contributed by atoms with van der Waals surface area (Å²) in [6.45, 7) is 15.2. The molecule has 0 spiro atoms. The van der Waals surface area contributed by atoms with E-state index in [0.717, 1.165) is 27.3 Å². The summed E-state index contributed by atoms with van der Waals surface area (Å²) in [5, 5.41) is 3.51. The minimum Gasteiger partial charge on any atom is -0.488 e. The Labute approximate surface area is 245 Å². The van der Waals surface area contributed by atoms with Gasteiger partial charge in [0, 0.05) is 40.4 Å². The average Bonchev–Trinajstić information content (AvgIpc) is 2.89. The fourth-order valence-electron chi connectivity index (χ4n) is 4.17. The van der Waals surface area contributed by atoms with Crippen molar-refractivity contribution >= 4 is 45.1 Å². The Kier molecular flexibility index (Phi) is 12.0. The van der Waals surface area contributed by atoms with Crippen molar-refractivity contribution in [2.45, 2.75) is 39.9 Å². The summed E-state index contributed by atoms with van der Waals surface area (Å²) in [6, 6.07) is 13.0. The Hall–Kier alpha value is -3.59. The van der Waals surface area contributed by atoms with E-state index in [0.29, 0.717) is 35.1 Å². The van der Waals surface area contributed by atoms with Crippen LogP contribution < -0.4 is 9.47 Å². The summed E-state index contributed by atoms with van der Waals surface area (Å²) in [7, 11) is 0. The molecular formula is C32H37ClO8. The molecule has 0 N–H and O–H groups in total. The second-order valence-corrected chi connectivity index (χ2v) is 10.4. The molecule has 2 unspecified atom stereocenters. The quantitative estimate of drug-likeness (QED) is 0.108. The van der Waals surface area contributed by atoms with E-state index < -0.39 is 24.1 Å². The molecule has 9 heteroatoms. The lowest BCUT2D eigenvalue weighted by Crippen LogP contribution is -2.29. The monoisotopic (exact) mass is 584 g/mol. The number of esters is 2. The molecule has 0 fully saturated rings. The molecule has 0 radical (unpaired) electrons. The maximum atomic E-state index is 11.7. The molecule has 220 valence electrons. The van der Waals surface area contributed by atoms with E-state index in [1.807, 2.05) is 44.2 Å². The smallest absolute Gasteiger partial charge is 0.303 e. The standard InChI is InChI=1S/C32H37ClO8/c1-20(2)14-36-16-25(40-22(5)34)18-38-31-27-9-7-8-10-28(27)32(30-13-24(33)11-12-29(30)31)39-19-26(41-23(6)35)17-37-15-21(3)4/h7-13,25-26H,1,3,14-19H2,2,4-6H3. The number of rotatable bonds is 16. The van der Waals surface area contributed by atoms with Gasteiger partial charge in [0.25, 0.3) is 0 Å². The van der Waals surface area contributed by atoms with E-state index >= 15 is 0 Å². The highest BCUT2D eigenvalue weighted by atomic mass is 35.5. The van der Waals surface area contributed by atoms with Crippen LogP contribution in [0, 0.1) is 0 Å². The van der Waals surface area contributed by atoms with Gasteiger partial charge in [-0.25, -0.2) is 0 Å². The summed E-state index contributed by atoms with van der Waals surface area (Å²) < 4.78 is 34.8. The molecule has 0 aliphatic rings. The van der Waals surface area contributed by atoms with Gasteiger partial charge in [-0.2, -0.15) is 0 Å². The number of fused-ring (bicyclic) bond motifs is 2. The number of hydrogen-bond donors (Lipinski definition) is 0. The molecule has 2 atom stereocenters. The Morgan fingerprint density at radius 1 is 0.683 bits per heavy atom. The van der Waals surface area contributed by atoms with Crippen molar-refractivity contribution in [3.8, 4) is 11.5 Å². The molecule has 3 aromatic rings. The largest absolute Gasteiger partial charge is 0.488 e. The molecular weight excluding hydrogens is 548 g/mol. The third-order valence-electron chi connectivity index (χ3n) is 5.68. The van der Waals surface area contributed by atoms with Gasteiger partial charge in [-0.3, -0.25) is 9.59 Å². The summed E-state index contributed by atoms with van der Waals surface area (Å²) in [5.41, 5.74) is 1.71. The molecule has 0 heterocycles. The average molecular weight is 585 g/mol. The van der Waals surface area contributed by atoms with Crippen molar-refractivity contribution in [1.82, 2.24) is 0 Å². The van der Waals surface area contributed by atoms with Crippen LogP contribution in [0.2, 0.25) is 5.02 Å². The number of halogens is 1. The van der Waals surface area contributed by atoms with Crippen molar-refractivity contribution in [1.29, 1.82) is 0 Å². The van der Waals surface area contributed by atoms with Gasteiger partial charge in [-0.15, -0.1) is 0 Å². The summed E-state index contributed by atoms with van der Waals surface area (Å²) in [4.78, 5) is 23.5. The van der Waals surface area contributed by atoms with Gasteiger partial charge in [0.1, 0.15) is 24.7 Å². The normalized spacial score (nSPS) is 12.5. The molecule has 0 saturated heterocycles. The third kappa shape index (κ3) is 9.78. The molecule has 0 aromatic heterocycles. The zero-order valence-electron chi connectivity index (χ0n) is 24.0. The minimum absolute atomic E-state index is 0.0518. The van der Waals surface area contributed by atoms with E-state index in [9.17, 15) is 9.59 Å². The predicted octanol–water partition coefficient (Wildman–Crippen LogP) is 6.45. The lowest BCUT2D eigenvalue weighted by atomic mass is 10.0. The van der Waals surface area contributed by atoms with Crippen LogP contribution in [-0.4, -0.2) is 63.8 Å². The zero-order valence-corrected chi connectivity index (χ0v) is 24.8. The molecule has 3 rings (SSSR count). The van der Waals surface area contributed by atoms with Gasteiger partial charge in [0.2, 0.25) is 0 Å². The molecule has 0 aliphatic carbocycles. The molecule has 0 saturated carbocycles. The number of carbonyl (C=O) groups is 2. The van der Waals surface area contributed by atoms with Crippen LogP contribution in [0.15, 0.2) is 66.8 Å². The van der Waals surface area contributed by atoms with Crippen molar-refractivity contribution in [3.63, 3.8) is 0 Å². The predicted molar refractivity (Wildman–Crippen MR) is 160 cm³/mol. The SMILES string of the molecule is C=C(C)COCC(COc1c2ccccc2c(OCC(COCC(=C)C)OC(C)=O)c2cc(Cl)ccc12)OC(C)=O. The van der Waals surface area contributed by atoms with Crippen LogP contribution in [0.4, 0.5) is 0 Å². The first-order chi connectivity index (χ1) is 19.5. The van der Waals surface area contributed by atoms with Crippen molar-refractivity contribution in [3.05, 3.63) is 71.8 Å². The zero-order chi connectivity index (χ0) is 29.9. The number of hydrogen-bond acceptors (Lipinski definition) is 8. The topological polar surface area (TPSA) is 89.5 Å². The van der Waals surface area contributed by atoms with E-state index in [2.05, 4.69) is 13.2 Å². The first kappa shape index (κ1) is 31.9. The molecule has 0 amide bonds. The molecule has 8 nitrogen and oxygen atoms in total. The van der Waals surface area contributed by atoms with Gasteiger partial charge in [0.05, 0.1) is 26.4 Å². The van der Waals surface area contributed by atoms with E-state index in [1.165, 1.54) is 13.8 Å². The van der Waals surface area contributed by atoms with Crippen molar-refractivity contribution < 1.29 is 38.0 Å². The van der Waals surface area contributed by atoms with Gasteiger partial charge < -0.3 is 28.4 Å². The lowest BCUT2D eigenvalue weighted by Gasteiger charge is -2.22. The van der Waals surface area contributed by atoms with Crippen LogP contribution in [0.5, 0.6) is 11.5 Å². The van der Waals surface area contributed by atoms with Crippen LogP contribution in [-0.2, 0) is 28.5 Å². The summed E-state index contributed by atoms with van der Waals surface area (Å²) in [6.07, 6.45) is -1.27. The van der Waals surface area contributed by atoms with Gasteiger partial charge in [-0.1, -0.05) is 60.2 Å². The lowest BCUT2D eigenvalue weighted by molar-refractivity contribution is -0.152.